The van der Waals surface area contributed by atoms with Crippen LogP contribution in [0.5, 0.6) is 0 Å². The Hall–Kier alpha value is -1.17. The average Bonchev–Trinajstić information content (AvgIpc) is 3.36. The lowest BCUT2D eigenvalue weighted by atomic mass is 9.95. The molecule has 2 saturated heterocycles. The maximum atomic E-state index is 12.8. The van der Waals surface area contributed by atoms with E-state index >= 15 is 0 Å². The summed E-state index contributed by atoms with van der Waals surface area (Å²) < 4.78 is 34.7. The van der Waals surface area contributed by atoms with E-state index in [9.17, 15) is 8.42 Å². The van der Waals surface area contributed by atoms with Gasteiger partial charge in [0.05, 0.1) is 24.1 Å². The second-order valence-corrected chi connectivity index (χ2v) is 10.7. The first-order valence-electron chi connectivity index (χ1n) is 9.39. The van der Waals surface area contributed by atoms with E-state index in [1.165, 1.54) is 4.31 Å². The Bertz CT molecular complexity index is 886. The topological polar surface area (TPSA) is 90.6 Å². The first-order chi connectivity index (χ1) is 13.5. The SMILES string of the molecule is O=S(=O)(N1CCOCC1)N1CCC(c2cc(NCc3ccc(Cl)s3)n[nH]2)CC1. The molecule has 0 radical (unpaired) electrons. The number of aromatic nitrogens is 2. The van der Waals surface area contributed by atoms with Crippen molar-refractivity contribution >= 4 is 39.0 Å². The normalized spacial score (nSPS) is 20.5. The Labute approximate surface area is 174 Å². The number of anilines is 1. The van der Waals surface area contributed by atoms with Crippen LogP contribution >= 0.6 is 22.9 Å². The average molecular weight is 446 g/mol. The Morgan fingerprint density at radius 3 is 2.61 bits per heavy atom. The van der Waals surface area contributed by atoms with E-state index in [1.807, 2.05) is 18.2 Å². The second kappa shape index (κ2) is 8.68. The maximum Gasteiger partial charge on any atom is 0.282 e. The zero-order chi connectivity index (χ0) is 19.6. The molecule has 2 aliphatic rings. The first-order valence-corrected chi connectivity index (χ1v) is 12.0. The number of nitrogens with zero attached hydrogens (tertiary/aromatic N) is 3. The van der Waals surface area contributed by atoms with Gasteiger partial charge in [-0.1, -0.05) is 11.6 Å². The fourth-order valence-corrected chi connectivity index (χ4v) is 6.24. The van der Waals surface area contributed by atoms with E-state index in [1.54, 1.807) is 15.6 Å². The van der Waals surface area contributed by atoms with Crippen LogP contribution in [-0.4, -0.2) is 66.6 Å². The summed E-state index contributed by atoms with van der Waals surface area (Å²) in [6.45, 7) is 3.55. The highest BCUT2D eigenvalue weighted by molar-refractivity contribution is 7.86. The zero-order valence-electron chi connectivity index (χ0n) is 15.4. The monoisotopic (exact) mass is 445 g/mol. The van der Waals surface area contributed by atoms with Gasteiger partial charge in [-0.25, -0.2) is 0 Å². The predicted octanol–water partition coefficient (Wildman–Crippen LogP) is 2.49. The van der Waals surface area contributed by atoms with E-state index < -0.39 is 10.2 Å². The zero-order valence-corrected chi connectivity index (χ0v) is 17.8. The number of H-pyrrole nitrogens is 1. The number of piperidine rings is 1. The fraction of sp³-hybridized carbons (Fsp3) is 0.588. The second-order valence-electron chi connectivity index (χ2n) is 6.96. The van der Waals surface area contributed by atoms with Gasteiger partial charge in [-0.05, 0) is 25.0 Å². The third-order valence-electron chi connectivity index (χ3n) is 5.19. The van der Waals surface area contributed by atoms with E-state index in [0.29, 0.717) is 45.9 Å². The molecule has 8 nitrogen and oxygen atoms in total. The van der Waals surface area contributed by atoms with Crippen molar-refractivity contribution in [2.24, 2.45) is 0 Å². The number of morpholine rings is 1. The molecule has 4 rings (SSSR count). The lowest BCUT2D eigenvalue weighted by molar-refractivity contribution is 0.0696. The largest absolute Gasteiger partial charge is 0.379 e. The molecule has 154 valence electrons. The van der Waals surface area contributed by atoms with Crippen LogP contribution in [-0.2, 0) is 21.5 Å². The van der Waals surface area contributed by atoms with Gasteiger partial charge in [0.25, 0.3) is 10.2 Å². The van der Waals surface area contributed by atoms with Crippen molar-refractivity contribution in [3.05, 3.63) is 33.1 Å². The minimum absolute atomic E-state index is 0.287. The lowest BCUT2D eigenvalue weighted by Crippen LogP contribution is -2.50. The van der Waals surface area contributed by atoms with Crippen molar-refractivity contribution in [2.75, 3.05) is 44.7 Å². The van der Waals surface area contributed by atoms with Crippen LogP contribution in [0.2, 0.25) is 4.34 Å². The van der Waals surface area contributed by atoms with Crippen molar-refractivity contribution < 1.29 is 13.2 Å². The molecule has 11 heteroatoms. The summed E-state index contributed by atoms with van der Waals surface area (Å²) in [5, 5.41) is 10.7. The molecule has 2 aromatic heterocycles. The summed E-state index contributed by atoms with van der Waals surface area (Å²) in [5.74, 6) is 1.08. The molecule has 0 aliphatic carbocycles. The number of hydrogen-bond acceptors (Lipinski definition) is 6. The van der Waals surface area contributed by atoms with Crippen LogP contribution in [0.3, 0.4) is 0 Å². The summed E-state index contributed by atoms with van der Waals surface area (Å²) >= 11 is 7.50. The Morgan fingerprint density at radius 2 is 1.93 bits per heavy atom. The van der Waals surface area contributed by atoms with Crippen LogP contribution in [0.15, 0.2) is 18.2 Å². The number of nitrogens with one attached hydrogen (secondary N) is 2. The molecular formula is C17H24ClN5O3S2. The molecule has 2 aliphatic heterocycles. The quantitative estimate of drug-likeness (QED) is 0.712. The van der Waals surface area contributed by atoms with Crippen LogP contribution in [0, 0.1) is 0 Å². The van der Waals surface area contributed by atoms with Crippen molar-refractivity contribution in [2.45, 2.75) is 25.3 Å². The molecule has 0 aromatic carbocycles. The van der Waals surface area contributed by atoms with Gasteiger partial charge < -0.3 is 10.1 Å². The van der Waals surface area contributed by atoms with E-state index in [2.05, 4.69) is 15.5 Å². The number of aromatic amines is 1. The van der Waals surface area contributed by atoms with Gasteiger partial charge in [0.2, 0.25) is 0 Å². The molecule has 0 bridgehead atoms. The van der Waals surface area contributed by atoms with Gasteiger partial charge in [0.1, 0.15) is 5.82 Å². The molecule has 2 fully saturated rings. The summed E-state index contributed by atoms with van der Waals surface area (Å²) in [6, 6.07) is 5.90. The van der Waals surface area contributed by atoms with Crippen LogP contribution in [0.4, 0.5) is 5.82 Å². The fourth-order valence-electron chi connectivity index (χ4n) is 3.60. The smallest absolute Gasteiger partial charge is 0.282 e. The third-order valence-corrected chi connectivity index (χ3v) is 8.45. The highest BCUT2D eigenvalue weighted by atomic mass is 35.5. The van der Waals surface area contributed by atoms with Gasteiger partial charge >= 0.3 is 0 Å². The van der Waals surface area contributed by atoms with Crippen molar-refractivity contribution in [3.63, 3.8) is 0 Å². The Morgan fingerprint density at radius 1 is 1.21 bits per heavy atom. The predicted molar refractivity (Wildman–Crippen MR) is 110 cm³/mol. The van der Waals surface area contributed by atoms with E-state index in [-0.39, 0.29) is 5.92 Å². The molecule has 4 heterocycles. The molecule has 2 N–H and O–H groups in total. The summed E-state index contributed by atoms with van der Waals surface area (Å²) in [7, 11) is -3.38. The Balaban J connectivity index is 1.31. The van der Waals surface area contributed by atoms with Gasteiger partial charge in [-0.15, -0.1) is 11.3 Å². The highest BCUT2D eigenvalue weighted by Crippen LogP contribution is 2.30. The van der Waals surface area contributed by atoms with Crippen LogP contribution in [0.1, 0.15) is 29.3 Å². The standard InChI is InChI=1S/C17H24ClN5O3S2/c18-16-2-1-14(27-16)12-19-17-11-15(20-21-17)13-3-5-22(6-4-13)28(24,25)23-7-9-26-10-8-23/h1-2,11,13H,3-10,12H2,(H2,19,20,21). The van der Waals surface area contributed by atoms with Gasteiger partial charge in [-0.3, -0.25) is 5.10 Å². The first kappa shape index (κ1) is 20.1. The number of ether oxygens (including phenoxy) is 1. The molecule has 0 amide bonds. The number of rotatable bonds is 6. The molecular weight excluding hydrogens is 422 g/mol. The van der Waals surface area contributed by atoms with E-state index in [4.69, 9.17) is 16.3 Å². The summed E-state index contributed by atoms with van der Waals surface area (Å²) in [4.78, 5) is 1.15. The summed E-state index contributed by atoms with van der Waals surface area (Å²) in [6.07, 6.45) is 1.57. The third kappa shape index (κ3) is 4.52. The minimum atomic E-state index is -3.38. The van der Waals surface area contributed by atoms with Gasteiger partial charge in [0.15, 0.2) is 0 Å². The molecule has 0 spiro atoms. The van der Waals surface area contributed by atoms with Gasteiger partial charge in [0, 0.05) is 48.7 Å². The number of hydrogen-bond donors (Lipinski definition) is 2. The van der Waals surface area contributed by atoms with Crippen LogP contribution < -0.4 is 5.32 Å². The minimum Gasteiger partial charge on any atom is -0.379 e. The Kier molecular flexibility index (Phi) is 6.24. The van der Waals surface area contributed by atoms with E-state index in [0.717, 1.165) is 33.6 Å². The lowest BCUT2D eigenvalue weighted by Gasteiger charge is -2.35. The molecule has 0 atom stereocenters. The number of halogens is 1. The molecule has 0 unspecified atom stereocenters. The van der Waals surface area contributed by atoms with Crippen molar-refractivity contribution in [1.29, 1.82) is 0 Å². The molecule has 0 saturated carbocycles. The molecule has 2 aromatic rings. The summed E-state index contributed by atoms with van der Waals surface area (Å²) in [5.41, 5.74) is 1.05. The highest BCUT2D eigenvalue weighted by Gasteiger charge is 2.34. The van der Waals surface area contributed by atoms with Gasteiger partial charge in [-0.2, -0.15) is 22.1 Å². The molecule has 28 heavy (non-hydrogen) atoms. The van der Waals surface area contributed by atoms with Crippen LogP contribution in [0.25, 0.3) is 0 Å². The number of thiophene rings is 1. The maximum absolute atomic E-state index is 12.8. The van der Waals surface area contributed by atoms with Crippen molar-refractivity contribution in [1.82, 2.24) is 18.8 Å². The van der Waals surface area contributed by atoms with Crippen molar-refractivity contribution in [3.8, 4) is 0 Å².